The highest BCUT2D eigenvalue weighted by Gasteiger charge is 2.45. The van der Waals surface area contributed by atoms with Crippen LogP contribution < -0.4 is 5.32 Å². The van der Waals surface area contributed by atoms with Crippen LogP contribution in [0.1, 0.15) is 24.3 Å². The van der Waals surface area contributed by atoms with Gasteiger partial charge in [-0.3, -0.25) is 4.79 Å². The molecule has 1 aromatic rings. The molecule has 0 aromatic heterocycles. The number of hydrogen-bond acceptors (Lipinski definition) is 2. The van der Waals surface area contributed by atoms with Crippen LogP contribution in [-0.4, -0.2) is 25.7 Å². The van der Waals surface area contributed by atoms with Crippen LogP contribution in [0.3, 0.4) is 0 Å². The lowest BCUT2D eigenvalue weighted by atomic mass is 10.1. The number of amides is 1. The predicted octanol–water partition coefficient (Wildman–Crippen LogP) is 3.25. The van der Waals surface area contributed by atoms with Crippen molar-refractivity contribution in [1.82, 2.24) is 5.32 Å². The summed E-state index contributed by atoms with van der Waals surface area (Å²) in [6.45, 7) is 2.28. The lowest BCUT2D eigenvalue weighted by molar-refractivity contribution is -0.122. The summed E-state index contributed by atoms with van der Waals surface area (Å²) in [6.07, 6.45) is 1.89. The minimum Gasteiger partial charge on any atom is -0.381 e. The van der Waals surface area contributed by atoms with Gasteiger partial charge in [-0.05, 0) is 30.4 Å². The zero-order chi connectivity index (χ0) is 14.1. The van der Waals surface area contributed by atoms with Crippen molar-refractivity contribution in [2.75, 3.05) is 19.8 Å². The number of rotatable bonds is 4. The van der Waals surface area contributed by atoms with Crippen molar-refractivity contribution in [2.45, 2.75) is 18.8 Å². The largest absolute Gasteiger partial charge is 0.381 e. The van der Waals surface area contributed by atoms with Gasteiger partial charge in [-0.1, -0.05) is 35.3 Å². The van der Waals surface area contributed by atoms with E-state index in [4.69, 9.17) is 27.9 Å². The zero-order valence-electron chi connectivity index (χ0n) is 11.1. The Kier molecular flexibility index (Phi) is 4.20. The number of hydrogen-bond donors (Lipinski definition) is 1. The van der Waals surface area contributed by atoms with Gasteiger partial charge < -0.3 is 10.1 Å². The minimum absolute atomic E-state index is 0.0355. The van der Waals surface area contributed by atoms with E-state index in [0.29, 0.717) is 22.5 Å². The van der Waals surface area contributed by atoms with E-state index < -0.39 is 0 Å². The Bertz CT molecular complexity index is 515. The molecule has 3 rings (SSSR count). The van der Waals surface area contributed by atoms with Crippen molar-refractivity contribution < 1.29 is 9.53 Å². The van der Waals surface area contributed by atoms with Crippen molar-refractivity contribution in [3.63, 3.8) is 0 Å². The van der Waals surface area contributed by atoms with Crippen LogP contribution in [0.25, 0.3) is 0 Å². The summed E-state index contributed by atoms with van der Waals surface area (Å²) in [4.78, 5) is 12.1. The van der Waals surface area contributed by atoms with Gasteiger partial charge in [-0.15, -0.1) is 0 Å². The Morgan fingerprint density at radius 1 is 1.40 bits per heavy atom. The van der Waals surface area contributed by atoms with Crippen LogP contribution in [0.4, 0.5) is 0 Å². The number of carbonyl (C=O) groups is 1. The fourth-order valence-electron chi connectivity index (χ4n) is 2.76. The van der Waals surface area contributed by atoms with E-state index in [0.717, 1.165) is 31.6 Å². The van der Waals surface area contributed by atoms with E-state index in [-0.39, 0.29) is 17.7 Å². The summed E-state index contributed by atoms with van der Waals surface area (Å²) in [6, 6.07) is 5.61. The van der Waals surface area contributed by atoms with E-state index in [1.165, 1.54) is 0 Å². The highest BCUT2D eigenvalue weighted by atomic mass is 35.5. The SMILES string of the molecule is O=C(NC[C@@H]1CCOC1)[C@H]1C[C@@H]1c1cccc(Cl)c1Cl. The van der Waals surface area contributed by atoms with Gasteiger partial charge in [0.2, 0.25) is 5.91 Å². The summed E-state index contributed by atoms with van der Waals surface area (Å²) < 4.78 is 5.30. The highest BCUT2D eigenvalue weighted by Crippen LogP contribution is 2.50. The van der Waals surface area contributed by atoms with E-state index in [2.05, 4.69) is 5.32 Å². The molecule has 1 saturated carbocycles. The third kappa shape index (κ3) is 2.95. The zero-order valence-corrected chi connectivity index (χ0v) is 12.6. The number of ether oxygens (including phenoxy) is 1. The molecule has 1 saturated heterocycles. The van der Waals surface area contributed by atoms with Crippen molar-refractivity contribution in [1.29, 1.82) is 0 Å². The van der Waals surface area contributed by atoms with Gasteiger partial charge in [0, 0.05) is 25.0 Å². The van der Waals surface area contributed by atoms with Gasteiger partial charge in [-0.25, -0.2) is 0 Å². The number of nitrogens with one attached hydrogen (secondary N) is 1. The van der Waals surface area contributed by atoms with Gasteiger partial charge in [0.25, 0.3) is 0 Å². The highest BCUT2D eigenvalue weighted by molar-refractivity contribution is 6.42. The monoisotopic (exact) mass is 313 g/mol. The summed E-state index contributed by atoms with van der Waals surface area (Å²) in [5.74, 6) is 0.832. The first-order chi connectivity index (χ1) is 9.66. The van der Waals surface area contributed by atoms with Gasteiger partial charge >= 0.3 is 0 Å². The molecule has 2 aliphatic rings. The smallest absolute Gasteiger partial charge is 0.223 e. The molecule has 108 valence electrons. The third-order valence-corrected chi connectivity index (χ3v) is 4.93. The number of benzene rings is 1. The average Bonchev–Trinajstić information content (AvgIpc) is 3.06. The first-order valence-electron chi connectivity index (χ1n) is 6.96. The predicted molar refractivity (Wildman–Crippen MR) is 79.2 cm³/mol. The fraction of sp³-hybridized carbons (Fsp3) is 0.533. The molecule has 0 spiro atoms. The minimum atomic E-state index is 0.0355. The van der Waals surface area contributed by atoms with E-state index in [1.807, 2.05) is 12.1 Å². The summed E-state index contributed by atoms with van der Waals surface area (Å²) in [5, 5.41) is 4.16. The van der Waals surface area contributed by atoms with Crippen LogP contribution in [0.15, 0.2) is 18.2 Å². The maximum absolute atomic E-state index is 12.1. The fourth-order valence-corrected chi connectivity index (χ4v) is 3.20. The van der Waals surface area contributed by atoms with Crippen LogP contribution >= 0.6 is 23.2 Å². The first-order valence-corrected chi connectivity index (χ1v) is 7.71. The van der Waals surface area contributed by atoms with E-state index in [9.17, 15) is 4.79 Å². The van der Waals surface area contributed by atoms with E-state index in [1.54, 1.807) is 6.07 Å². The number of halogens is 2. The van der Waals surface area contributed by atoms with Gasteiger partial charge in [-0.2, -0.15) is 0 Å². The van der Waals surface area contributed by atoms with Crippen LogP contribution in [0.5, 0.6) is 0 Å². The molecular formula is C15H17Cl2NO2. The van der Waals surface area contributed by atoms with E-state index >= 15 is 0 Å². The third-order valence-electron chi connectivity index (χ3n) is 4.10. The second kappa shape index (κ2) is 5.92. The second-order valence-corrected chi connectivity index (χ2v) is 6.35. The Balaban J connectivity index is 1.55. The summed E-state index contributed by atoms with van der Waals surface area (Å²) >= 11 is 12.2. The maximum atomic E-state index is 12.1. The lowest BCUT2D eigenvalue weighted by Gasteiger charge is -2.10. The Labute approximate surface area is 128 Å². The molecule has 3 atom stereocenters. The van der Waals surface area contributed by atoms with Crippen molar-refractivity contribution in [3.8, 4) is 0 Å². The molecule has 1 aliphatic carbocycles. The molecule has 1 aromatic carbocycles. The molecule has 0 bridgehead atoms. The lowest BCUT2D eigenvalue weighted by Crippen LogP contribution is -2.31. The molecule has 2 fully saturated rings. The molecule has 1 amide bonds. The first kappa shape index (κ1) is 14.2. The molecule has 0 radical (unpaired) electrons. The van der Waals surface area contributed by atoms with Crippen LogP contribution in [0.2, 0.25) is 10.0 Å². The normalized spacial score (nSPS) is 28.4. The molecule has 1 aliphatic heterocycles. The molecule has 3 nitrogen and oxygen atoms in total. The molecule has 0 unspecified atom stereocenters. The Morgan fingerprint density at radius 2 is 2.25 bits per heavy atom. The molecule has 20 heavy (non-hydrogen) atoms. The average molecular weight is 314 g/mol. The molecular weight excluding hydrogens is 297 g/mol. The van der Waals surface area contributed by atoms with Crippen molar-refractivity contribution in [3.05, 3.63) is 33.8 Å². The van der Waals surface area contributed by atoms with Gasteiger partial charge in [0.15, 0.2) is 0 Å². The van der Waals surface area contributed by atoms with Crippen molar-refractivity contribution in [2.24, 2.45) is 11.8 Å². The maximum Gasteiger partial charge on any atom is 0.223 e. The van der Waals surface area contributed by atoms with Crippen molar-refractivity contribution >= 4 is 29.1 Å². The number of carbonyl (C=O) groups excluding carboxylic acids is 1. The van der Waals surface area contributed by atoms with Gasteiger partial charge in [0.05, 0.1) is 16.7 Å². The molecule has 1 N–H and O–H groups in total. The summed E-state index contributed by atoms with van der Waals surface area (Å²) in [7, 11) is 0. The summed E-state index contributed by atoms with van der Waals surface area (Å²) in [5.41, 5.74) is 0.989. The quantitative estimate of drug-likeness (QED) is 0.926. The Morgan fingerprint density at radius 3 is 3.00 bits per heavy atom. The molecule has 1 heterocycles. The standard InChI is InChI=1S/C15H17Cl2NO2/c16-13-3-1-2-10(14(13)17)11-6-12(11)15(19)18-7-9-4-5-20-8-9/h1-3,9,11-12H,4-8H2,(H,18,19)/t9-,11+,12-/m0/s1. The van der Waals surface area contributed by atoms with Crippen LogP contribution in [-0.2, 0) is 9.53 Å². The van der Waals surface area contributed by atoms with Crippen LogP contribution in [0, 0.1) is 11.8 Å². The Hall–Kier alpha value is -0.770. The molecule has 5 heteroatoms. The second-order valence-electron chi connectivity index (χ2n) is 5.57. The topological polar surface area (TPSA) is 38.3 Å². The van der Waals surface area contributed by atoms with Gasteiger partial charge in [0.1, 0.15) is 0 Å².